The van der Waals surface area contributed by atoms with E-state index >= 15 is 0 Å². The van der Waals surface area contributed by atoms with E-state index in [1.54, 1.807) is 6.92 Å². The van der Waals surface area contributed by atoms with Crippen LogP contribution >= 0.6 is 0 Å². The maximum Gasteiger partial charge on any atom is 0.411 e. The van der Waals surface area contributed by atoms with E-state index in [1.807, 2.05) is 0 Å². The van der Waals surface area contributed by atoms with Crippen LogP contribution in [0.25, 0.3) is 0 Å². The van der Waals surface area contributed by atoms with Gasteiger partial charge in [0.05, 0.1) is 0 Å². The van der Waals surface area contributed by atoms with Crippen LogP contribution in [0.15, 0.2) is 10.9 Å². The molecule has 4 nitrogen and oxygen atoms in total. The lowest BCUT2D eigenvalue weighted by Gasteiger charge is -2.21. The number of hydrogen-bond acceptors (Lipinski definition) is 3. The smallest absolute Gasteiger partial charge is 0.356 e. The highest BCUT2D eigenvalue weighted by atomic mass is 19.4. The quantitative estimate of drug-likeness (QED) is 0.856. The Labute approximate surface area is 95.3 Å². The molecular weight excluding hydrogens is 235 g/mol. The van der Waals surface area contributed by atoms with Crippen LogP contribution in [0.5, 0.6) is 0 Å². The molecule has 7 heteroatoms. The summed E-state index contributed by atoms with van der Waals surface area (Å²) in [5.74, 6) is 0.360. The number of aromatic nitrogens is 2. The van der Waals surface area contributed by atoms with Crippen molar-refractivity contribution in [3.8, 4) is 0 Å². The minimum atomic E-state index is -4.32. The third kappa shape index (κ3) is 2.27. The van der Waals surface area contributed by atoms with Crippen molar-refractivity contribution in [2.24, 2.45) is 0 Å². The Morgan fingerprint density at radius 2 is 2.18 bits per heavy atom. The molecular formula is C10H12F3N3O. The van der Waals surface area contributed by atoms with Gasteiger partial charge in [-0.1, -0.05) is 6.92 Å². The molecule has 0 atom stereocenters. The summed E-state index contributed by atoms with van der Waals surface area (Å²) in [7, 11) is 0. The summed E-state index contributed by atoms with van der Waals surface area (Å²) in [4.78, 5) is 17.6. The predicted octanol–water partition coefficient (Wildman–Crippen LogP) is 1.84. The van der Waals surface area contributed by atoms with Crippen molar-refractivity contribution in [2.45, 2.75) is 37.9 Å². The number of nitrogens with zero attached hydrogens (tertiary/aromatic N) is 1. The molecule has 1 fully saturated rings. The fourth-order valence-corrected chi connectivity index (χ4v) is 1.59. The van der Waals surface area contributed by atoms with Crippen LogP contribution in [-0.4, -0.2) is 21.7 Å². The maximum atomic E-state index is 12.7. The SMILES string of the molecule is CCc1nc(NC2(C(F)(F)F)CC2)cc(=O)[nH]1. The highest BCUT2D eigenvalue weighted by Crippen LogP contribution is 2.50. The van der Waals surface area contributed by atoms with Crippen molar-refractivity contribution in [1.29, 1.82) is 0 Å². The topological polar surface area (TPSA) is 57.8 Å². The molecule has 0 unspecified atom stereocenters. The second-order valence-electron chi connectivity index (χ2n) is 4.14. The van der Waals surface area contributed by atoms with Crippen molar-refractivity contribution >= 4 is 5.82 Å². The lowest BCUT2D eigenvalue weighted by atomic mass is 10.2. The van der Waals surface area contributed by atoms with E-state index in [9.17, 15) is 18.0 Å². The Morgan fingerprint density at radius 3 is 2.65 bits per heavy atom. The summed E-state index contributed by atoms with van der Waals surface area (Å²) < 4.78 is 38.1. The van der Waals surface area contributed by atoms with Crippen LogP contribution in [0, 0.1) is 0 Å². The minimum Gasteiger partial charge on any atom is -0.356 e. The molecule has 0 amide bonds. The van der Waals surface area contributed by atoms with Gasteiger partial charge in [-0.05, 0) is 12.8 Å². The molecule has 1 aliphatic rings. The van der Waals surface area contributed by atoms with Gasteiger partial charge in [-0.3, -0.25) is 4.79 Å². The van der Waals surface area contributed by atoms with Gasteiger partial charge in [0.15, 0.2) is 0 Å². The van der Waals surface area contributed by atoms with Crippen molar-refractivity contribution < 1.29 is 13.2 Å². The van der Waals surface area contributed by atoms with Crippen LogP contribution in [-0.2, 0) is 6.42 Å². The molecule has 2 N–H and O–H groups in total. The van der Waals surface area contributed by atoms with E-state index in [0.29, 0.717) is 12.2 Å². The van der Waals surface area contributed by atoms with Gasteiger partial charge in [-0.15, -0.1) is 0 Å². The first-order valence-corrected chi connectivity index (χ1v) is 5.31. The fourth-order valence-electron chi connectivity index (χ4n) is 1.59. The van der Waals surface area contributed by atoms with E-state index < -0.39 is 17.3 Å². The van der Waals surface area contributed by atoms with Gasteiger partial charge >= 0.3 is 6.18 Å². The average molecular weight is 247 g/mol. The highest BCUT2D eigenvalue weighted by Gasteiger charge is 2.63. The minimum absolute atomic E-state index is 0.0135. The van der Waals surface area contributed by atoms with E-state index in [2.05, 4.69) is 15.3 Å². The molecule has 0 aliphatic heterocycles. The molecule has 1 saturated carbocycles. The van der Waals surface area contributed by atoms with Gasteiger partial charge in [0.1, 0.15) is 17.2 Å². The summed E-state index contributed by atoms with van der Waals surface area (Å²) in [6.07, 6.45) is -3.81. The molecule has 0 bridgehead atoms. The van der Waals surface area contributed by atoms with E-state index in [-0.39, 0.29) is 18.7 Å². The summed E-state index contributed by atoms with van der Waals surface area (Å²) in [5, 5.41) is 2.33. The van der Waals surface area contributed by atoms with Crippen LogP contribution in [0.1, 0.15) is 25.6 Å². The number of aryl methyl sites for hydroxylation is 1. The van der Waals surface area contributed by atoms with Crippen molar-refractivity contribution in [2.75, 3.05) is 5.32 Å². The van der Waals surface area contributed by atoms with E-state index in [0.717, 1.165) is 6.07 Å². The van der Waals surface area contributed by atoms with E-state index in [1.165, 1.54) is 0 Å². The van der Waals surface area contributed by atoms with Crippen LogP contribution < -0.4 is 10.9 Å². The average Bonchev–Trinajstić information content (AvgIpc) is 2.97. The van der Waals surface area contributed by atoms with Gasteiger partial charge in [0.2, 0.25) is 0 Å². The molecule has 94 valence electrons. The van der Waals surface area contributed by atoms with Crippen molar-refractivity contribution in [1.82, 2.24) is 9.97 Å². The molecule has 0 saturated heterocycles. The first kappa shape index (κ1) is 11.9. The molecule has 0 radical (unpaired) electrons. The Hall–Kier alpha value is -1.53. The number of hydrogen-bond donors (Lipinski definition) is 2. The van der Waals surface area contributed by atoms with Gasteiger partial charge in [-0.2, -0.15) is 13.2 Å². The number of nitrogens with one attached hydrogen (secondary N) is 2. The number of alkyl halides is 3. The lowest BCUT2D eigenvalue weighted by Crippen LogP contribution is -2.39. The monoisotopic (exact) mass is 247 g/mol. The Bertz CT molecular complexity index is 476. The fraction of sp³-hybridized carbons (Fsp3) is 0.600. The summed E-state index contributed by atoms with van der Waals surface area (Å²) in [6.45, 7) is 1.76. The predicted molar refractivity (Wildman–Crippen MR) is 55.9 cm³/mol. The number of anilines is 1. The molecule has 17 heavy (non-hydrogen) atoms. The zero-order valence-electron chi connectivity index (χ0n) is 9.19. The molecule has 2 rings (SSSR count). The Kier molecular flexibility index (Phi) is 2.63. The number of H-pyrrole nitrogens is 1. The summed E-state index contributed by atoms with van der Waals surface area (Å²) in [6, 6.07) is 1.05. The largest absolute Gasteiger partial charge is 0.411 e. The summed E-state index contributed by atoms with van der Waals surface area (Å²) in [5.41, 5.74) is -2.34. The van der Waals surface area contributed by atoms with Crippen molar-refractivity contribution in [3.63, 3.8) is 0 Å². The Balaban J connectivity index is 2.25. The zero-order valence-corrected chi connectivity index (χ0v) is 9.19. The summed E-state index contributed by atoms with van der Waals surface area (Å²) >= 11 is 0. The van der Waals surface area contributed by atoms with Gasteiger partial charge in [0.25, 0.3) is 5.56 Å². The van der Waals surface area contributed by atoms with Gasteiger partial charge < -0.3 is 10.3 Å². The third-order valence-electron chi connectivity index (χ3n) is 2.79. The van der Waals surface area contributed by atoms with Crippen LogP contribution in [0.3, 0.4) is 0 Å². The standard InChI is InChI=1S/C10H12F3N3O/c1-2-6-14-7(5-8(17)15-6)16-9(3-4-9)10(11,12)13/h5H,2-4H2,1H3,(H2,14,15,16,17). The van der Waals surface area contributed by atoms with Gasteiger partial charge in [-0.25, -0.2) is 4.98 Å². The number of rotatable bonds is 3. The van der Waals surface area contributed by atoms with Crippen LogP contribution in [0.4, 0.5) is 19.0 Å². The molecule has 1 aromatic rings. The Morgan fingerprint density at radius 1 is 1.53 bits per heavy atom. The molecule has 0 aromatic carbocycles. The number of aromatic amines is 1. The highest BCUT2D eigenvalue weighted by molar-refractivity contribution is 5.41. The van der Waals surface area contributed by atoms with Gasteiger partial charge in [0, 0.05) is 12.5 Å². The first-order valence-electron chi connectivity index (χ1n) is 5.31. The number of halogens is 3. The lowest BCUT2D eigenvalue weighted by molar-refractivity contribution is -0.151. The van der Waals surface area contributed by atoms with Crippen molar-refractivity contribution in [3.05, 3.63) is 22.2 Å². The molecule has 1 aliphatic carbocycles. The van der Waals surface area contributed by atoms with Crippen LogP contribution in [0.2, 0.25) is 0 Å². The normalized spacial score (nSPS) is 17.9. The molecule has 0 spiro atoms. The second-order valence-corrected chi connectivity index (χ2v) is 4.14. The zero-order chi connectivity index (χ0) is 12.7. The maximum absolute atomic E-state index is 12.7. The third-order valence-corrected chi connectivity index (χ3v) is 2.79. The molecule has 1 aromatic heterocycles. The second kappa shape index (κ2) is 3.75. The van der Waals surface area contributed by atoms with E-state index in [4.69, 9.17) is 0 Å². The molecule has 1 heterocycles. The first-order chi connectivity index (χ1) is 7.86.